The van der Waals surface area contributed by atoms with E-state index in [-0.39, 0.29) is 17.9 Å². The number of rotatable bonds is 4. The number of amides is 1. The number of ether oxygens (including phenoxy) is 2. The molecule has 1 saturated heterocycles. The Morgan fingerprint density at radius 1 is 1.43 bits per heavy atom. The van der Waals surface area contributed by atoms with Gasteiger partial charge in [0.15, 0.2) is 0 Å². The van der Waals surface area contributed by atoms with Crippen LogP contribution >= 0.6 is 0 Å². The van der Waals surface area contributed by atoms with Crippen molar-refractivity contribution in [3.8, 4) is 5.75 Å². The minimum atomic E-state index is -0.0115. The second-order valence-corrected chi connectivity index (χ2v) is 5.96. The van der Waals surface area contributed by atoms with Crippen LogP contribution in [-0.2, 0) is 21.4 Å². The summed E-state index contributed by atoms with van der Waals surface area (Å²) in [5.41, 5.74) is 2.61. The van der Waals surface area contributed by atoms with Crippen LogP contribution in [0.5, 0.6) is 5.75 Å². The Kier molecular flexibility index (Phi) is 3.89. The molecule has 1 atom stereocenters. The number of likely N-dealkylation sites (tertiary alicyclic amines) is 1. The van der Waals surface area contributed by atoms with Crippen molar-refractivity contribution in [3.63, 3.8) is 0 Å². The van der Waals surface area contributed by atoms with Crippen molar-refractivity contribution in [2.75, 3.05) is 32.9 Å². The van der Waals surface area contributed by atoms with Crippen LogP contribution in [0.4, 0.5) is 0 Å². The van der Waals surface area contributed by atoms with Gasteiger partial charge in [-0.2, -0.15) is 0 Å². The number of carbonyl (C=O) groups is 1. The summed E-state index contributed by atoms with van der Waals surface area (Å²) in [7, 11) is 0. The highest BCUT2D eigenvalue weighted by Crippen LogP contribution is 2.45. The van der Waals surface area contributed by atoms with E-state index in [9.17, 15) is 4.79 Å². The second kappa shape index (κ2) is 5.68. The Morgan fingerprint density at radius 2 is 2.29 bits per heavy atom. The molecule has 0 N–H and O–H groups in total. The molecule has 2 aliphatic heterocycles. The first-order valence-corrected chi connectivity index (χ1v) is 7.80. The number of benzene rings is 1. The standard InChI is InChI=1S/C17H23NO3/c1-3-13-5-6-15-14(9-13)17(12-21-15)7-8-18(11-17)16(19)10-20-4-2/h5-6,9H,3-4,7-8,10-12H2,1-2H3/t17-/m0/s1. The summed E-state index contributed by atoms with van der Waals surface area (Å²) in [5, 5.41) is 0. The van der Waals surface area contributed by atoms with E-state index in [0.29, 0.717) is 13.2 Å². The number of fused-ring (bicyclic) bond motifs is 2. The number of nitrogens with zero attached hydrogens (tertiary/aromatic N) is 1. The largest absolute Gasteiger partial charge is 0.492 e. The third kappa shape index (κ3) is 2.53. The second-order valence-electron chi connectivity index (χ2n) is 5.96. The van der Waals surface area contributed by atoms with Crippen LogP contribution in [0, 0.1) is 0 Å². The summed E-state index contributed by atoms with van der Waals surface area (Å²) in [6.45, 7) is 7.08. The van der Waals surface area contributed by atoms with Crippen LogP contribution in [0.25, 0.3) is 0 Å². The first-order chi connectivity index (χ1) is 10.2. The van der Waals surface area contributed by atoms with Gasteiger partial charge < -0.3 is 14.4 Å². The van der Waals surface area contributed by atoms with E-state index < -0.39 is 0 Å². The molecule has 0 aromatic heterocycles. The zero-order chi connectivity index (χ0) is 14.9. The molecule has 2 aliphatic rings. The molecule has 0 bridgehead atoms. The smallest absolute Gasteiger partial charge is 0.248 e. The Balaban J connectivity index is 1.78. The van der Waals surface area contributed by atoms with Gasteiger partial charge in [-0.1, -0.05) is 19.1 Å². The van der Waals surface area contributed by atoms with Gasteiger partial charge in [-0.3, -0.25) is 4.79 Å². The third-order valence-corrected chi connectivity index (χ3v) is 4.66. The molecule has 1 aromatic rings. The van der Waals surface area contributed by atoms with E-state index in [4.69, 9.17) is 9.47 Å². The van der Waals surface area contributed by atoms with Crippen LogP contribution in [0.3, 0.4) is 0 Å². The van der Waals surface area contributed by atoms with Crippen molar-refractivity contribution < 1.29 is 14.3 Å². The van der Waals surface area contributed by atoms with Crippen molar-refractivity contribution in [2.45, 2.75) is 32.1 Å². The molecule has 0 radical (unpaired) electrons. The number of hydrogen-bond donors (Lipinski definition) is 0. The van der Waals surface area contributed by atoms with Gasteiger partial charge >= 0.3 is 0 Å². The van der Waals surface area contributed by atoms with Crippen molar-refractivity contribution in [3.05, 3.63) is 29.3 Å². The topological polar surface area (TPSA) is 38.8 Å². The van der Waals surface area contributed by atoms with Crippen LogP contribution in [0.2, 0.25) is 0 Å². The number of aryl methyl sites for hydroxylation is 1. The van der Waals surface area contributed by atoms with Crippen molar-refractivity contribution >= 4 is 5.91 Å². The average Bonchev–Trinajstić information content (AvgIpc) is 3.10. The van der Waals surface area contributed by atoms with Gasteiger partial charge in [-0.15, -0.1) is 0 Å². The fraction of sp³-hybridized carbons (Fsp3) is 0.588. The normalized spacial score (nSPS) is 23.4. The first-order valence-electron chi connectivity index (χ1n) is 7.80. The molecule has 4 nitrogen and oxygen atoms in total. The van der Waals surface area contributed by atoms with Crippen LogP contribution < -0.4 is 4.74 Å². The summed E-state index contributed by atoms with van der Waals surface area (Å²) in [6.07, 6.45) is 2.00. The zero-order valence-electron chi connectivity index (χ0n) is 12.9. The van der Waals surface area contributed by atoms with Gasteiger partial charge in [0, 0.05) is 25.3 Å². The maximum Gasteiger partial charge on any atom is 0.248 e. The summed E-state index contributed by atoms with van der Waals surface area (Å²) in [6, 6.07) is 6.47. The summed E-state index contributed by atoms with van der Waals surface area (Å²) in [5.74, 6) is 1.08. The van der Waals surface area contributed by atoms with Crippen molar-refractivity contribution in [1.29, 1.82) is 0 Å². The van der Waals surface area contributed by atoms with Crippen molar-refractivity contribution in [1.82, 2.24) is 4.90 Å². The minimum Gasteiger partial charge on any atom is -0.492 e. The molecular weight excluding hydrogens is 266 g/mol. The molecule has 1 spiro atoms. The fourth-order valence-corrected chi connectivity index (χ4v) is 3.33. The Hall–Kier alpha value is -1.55. The van der Waals surface area contributed by atoms with E-state index >= 15 is 0 Å². The van der Waals surface area contributed by atoms with Gasteiger partial charge in [0.05, 0.1) is 12.0 Å². The van der Waals surface area contributed by atoms with Gasteiger partial charge in [-0.25, -0.2) is 0 Å². The van der Waals surface area contributed by atoms with Gasteiger partial charge in [0.2, 0.25) is 5.91 Å². The highest BCUT2D eigenvalue weighted by Gasteiger charge is 2.47. The fourth-order valence-electron chi connectivity index (χ4n) is 3.33. The van der Waals surface area contributed by atoms with E-state index in [0.717, 1.165) is 31.7 Å². The highest BCUT2D eigenvalue weighted by atomic mass is 16.5. The first kappa shape index (κ1) is 14.4. The summed E-state index contributed by atoms with van der Waals surface area (Å²) in [4.78, 5) is 14.1. The maximum absolute atomic E-state index is 12.1. The summed E-state index contributed by atoms with van der Waals surface area (Å²) >= 11 is 0. The Labute approximate surface area is 126 Å². The molecule has 1 amide bonds. The predicted octanol–water partition coefficient (Wildman–Crippen LogP) is 2.15. The molecule has 2 heterocycles. The zero-order valence-corrected chi connectivity index (χ0v) is 12.9. The molecule has 1 aromatic carbocycles. The quantitative estimate of drug-likeness (QED) is 0.852. The van der Waals surface area contributed by atoms with Crippen LogP contribution in [0.1, 0.15) is 31.4 Å². The molecule has 0 saturated carbocycles. The van der Waals surface area contributed by atoms with E-state index in [1.807, 2.05) is 11.8 Å². The monoisotopic (exact) mass is 289 g/mol. The number of carbonyl (C=O) groups excluding carboxylic acids is 1. The lowest BCUT2D eigenvalue weighted by Gasteiger charge is -2.23. The lowest BCUT2D eigenvalue weighted by atomic mass is 9.81. The van der Waals surface area contributed by atoms with E-state index in [1.54, 1.807) is 0 Å². The average molecular weight is 289 g/mol. The van der Waals surface area contributed by atoms with Gasteiger partial charge in [0.1, 0.15) is 12.4 Å². The molecule has 1 fully saturated rings. The molecule has 0 unspecified atom stereocenters. The molecule has 4 heteroatoms. The highest BCUT2D eigenvalue weighted by molar-refractivity contribution is 5.78. The van der Waals surface area contributed by atoms with Crippen LogP contribution in [-0.4, -0.2) is 43.7 Å². The van der Waals surface area contributed by atoms with E-state index in [1.165, 1.54) is 11.1 Å². The number of hydrogen-bond acceptors (Lipinski definition) is 3. The van der Waals surface area contributed by atoms with Gasteiger partial charge in [0.25, 0.3) is 0 Å². The Bertz CT molecular complexity index is 543. The van der Waals surface area contributed by atoms with Gasteiger partial charge in [-0.05, 0) is 31.4 Å². The molecular formula is C17H23NO3. The lowest BCUT2D eigenvalue weighted by Crippen LogP contribution is -2.37. The predicted molar refractivity (Wildman–Crippen MR) is 80.7 cm³/mol. The maximum atomic E-state index is 12.1. The molecule has 21 heavy (non-hydrogen) atoms. The molecule has 3 rings (SSSR count). The lowest BCUT2D eigenvalue weighted by molar-refractivity contribution is -0.135. The van der Waals surface area contributed by atoms with Crippen LogP contribution in [0.15, 0.2) is 18.2 Å². The van der Waals surface area contributed by atoms with Crippen molar-refractivity contribution in [2.24, 2.45) is 0 Å². The minimum absolute atomic E-state index is 0.0115. The Morgan fingerprint density at radius 3 is 3.05 bits per heavy atom. The SMILES string of the molecule is CCOCC(=O)N1CC[C@@]2(COc3ccc(CC)cc32)C1. The summed E-state index contributed by atoms with van der Waals surface area (Å²) < 4.78 is 11.1. The third-order valence-electron chi connectivity index (χ3n) is 4.66. The molecule has 114 valence electrons. The van der Waals surface area contributed by atoms with E-state index in [2.05, 4.69) is 25.1 Å². The molecule has 0 aliphatic carbocycles.